The van der Waals surface area contributed by atoms with Crippen molar-refractivity contribution in [2.45, 2.75) is 25.9 Å². The van der Waals surface area contributed by atoms with Crippen LogP contribution in [0.2, 0.25) is 0 Å². The molecular weight excluding hydrogens is 416 g/mol. The number of amides is 2. The van der Waals surface area contributed by atoms with Gasteiger partial charge in [0.15, 0.2) is 0 Å². The summed E-state index contributed by atoms with van der Waals surface area (Å²) in [5.74, 6) is -0.950. The Morgan fingerprint density at radius 1 is 1.13 bits per heavy atom. The van der Waals surface area contributed by atoms with E-state index in [1.165, 1.54) is 5.56 Å². The number of hydrogen-bond acceptors (Lipinski definition) is 4. The smallest absolute Gasteiger partial charge is 0.370 e. The Hall–Kier alpha value is -3.63. The lowest BCUT2D eigenvalue weighted by Gasteiger charge is -2.12. The Morgan fingerprint density at radius 3 is 2.65 bits per heavy atom. The Bertz CT molecular complexity index is 1040. The SMILES string of the molecule is Cc1cc(NCCCc2cc[nH]c2)nc(NC(=O)Nc2ccc(F)c(C(F)(F)F)c2)n1. The summed E-state index contributed by atoms with van der Waals surface area (Å²) >= 11 is 0. The fraction of sp³-hybridized carbons (Fsp3) is 0.250. The highest BCUT2D eigenvalue weighted by atomic mass is 19.4. The summed E-state index contributed by atoms with van der Waals surface area (Å²) in [6.45, 7) is 2.36. The van der Waals surface area contributed by atoms with Crippen molar-refractivity contribution in [3.63, 3.8) is 0 Å². The van der Waals surface area contributed by atoms with Crippen LogP contribution in [0.15, 0.2) is 42.7 Å². The molecule has 0 spiro atoms. The molecule has 31 heavy (non-hydrogen) atoms. The minimum absolute atomic E-state index is 0.0243. The lowest BCUT2D eigenvalue weighted by Crippen LogP contribution is -2.22. The van der Waals surface area contributed by atoms with Crippen LogP contribution >= 0.6 is 0 Å². The normalized spacial score (nSPS) is 11.3. The highest BCUT2D eigenvalue weighted by molar-refractivity contribution is 5.98. The van der Waals surface area contributed by atoms with Crippen LogP contribution in [0.5, 0.6) is 0 Å². The Kier molecular flexibility index (Phi) is 6.73. The van der Waals surface area contributed by atoms with Crippen LogP contribution in [0.3, 0.4) is 0 Å². The van der Waals surface area contributed by atoms with E-state index in [-0.39, 0.29) is 11.6 Å². The zero-order valence-corrected chi connectivity index (χ0v) is 16.5. The minimum Gasteiger partial charge on any atom is -0.370 e. The van der Waals surface area contributed by atoms with Gasteiger partial charge in [-0.1, -0.05) is 0 Å². The molecule has 11 heteroatoms. The number of rotatable bonds is 7. The third-order valence-corrected chi connectivity index (χ3v) is 4.22. The van der Waals surface area contributed by atoms with Crippen molar-refractivity contribution < 1.29 is 22.4 Å². The van der Waals surface area contributed by atoms with Crippen LogP contribution in [-0.2, 0) is 12.6 Å². The van der Waals surface area contributed by atoms with E-state index in [1.807, 2.05) is 18.5 Å². The first kappa shape index (κ1) is 22.1. The molecule has 7 nitrogen and oxygen atoms in total. The predicted octanol–water partition coefficient (Wildman–Crippen LogP) is 4.96. The molecule has 0 unspecified atom stereocenters. The number of hydrogen-bond donors (Lipinski definition) is 4. The summed E-state index contributed by atoms with van der Waals surface area (Å²) in [5, 5.41) is 7.72. The predicted molar refractivity (Wildman–Crippen MR) is 108 cm³/mol. The molecule has 164 valence electrons. The monoisotopic (exact) mass is 436 g/mol. The molecule has 0 aliphatic heterocycles. The molecule has 0 fully saturated rings. The van der Waals surface area contributed by atoms with Crippen molar-refractivity contribution in [2.75, 3.05) is 22.5 Å². The van der Waals surface area contributed by atoms with Crippen LogP contribution in [0.1, 0.15) is 23.2 Å². The number of benzene rings is 1. The molecule has 0 radical (unpaired) electrons. The number of carbonyl (C=O) groups is 1. The van der Waals surface area contributed by atoms with Gasteiger partial charge in [-0.15, -0.1) is 0 Å². The highest BCUT2D eigenvalue weighted by Gasteiger charge is 2.34. The van der Waals surface area contributed by atoms with Gasteiger partial charge >= 0.3 is 12.2 Å². The van der Waals surface area contributed by atoms with Gasteiger partial charge in [0, 0.05) is 36.4 Å². The number of urea groups is 1. The number of aromatic amines is 1. The third kappa shape index (κ3) is 6.43. The van der Waals surface area contributed by atoms with Gasteiger partial charge in [-0.05, 0) is 49.6 Å². The molecule has 0 aliphatic rings. The molecule has 2 amide bonds. The van der Waals surface area contributed by atoms with E-state index in [1.54, 1.807) is 13.0 Å². The van der Waals surface area contributed by atoms with Crippen molar-refractivity contribution in [2.24, 2.45) is 0 Å². The third-order valence-electron chi connectivity index (χ3n) is 4.22. The van der Waals surface area contributed by atoms with E-state index in [4.69, 9.17) is 0 Å². The zero-order chi connectivity index (χ0) is 22.4. The molecule has 0 saturated heterocycles. The van der Waals surface area contributed by atoms with Crippen LogP contribution in [0.25, 0.3) is 0 Å². The van der Waals surface area contributed by atoms with Crippen molar-refractivity contribution >= 4 is 23.5 Å². The maximum Gasteiger partial charge on any atom is 0.419 e. The van der Waals surface area contributed by atoms with Gasteiger partial charge in [-0.2, -0.15) is 18.2 Å². The maximum absolute atomic E-state index is 13.4. The average Bonchev–Trinajstić information content (AvgIpc) is 3.19. The Balaban J connectivity index is 1.58. The molecule has 0 aliphatic carbocycles. The quantitative estimate of drug-likeness (QED) is 0.311. The van der Waals surface area contributed by atoms with Crippen LogP contribution in [-0.4, -0.2) is 27.5 Å². The number of anilines is 3. The largest absolute Gasteiger partial charge is 0.419 e. The number of nitrogens with zero attached hydrogens (tertiary/aromatic N) is 2. The zero-order valence-electron chi connectivity index (χ0n) is 16.5. The summed E-state index contributed by atoms with van der Waals surface area (Å²) in [7, 11) is 0. The molecule has 4 N–H and O–H groups in total. The van der Waals surface area contributed by atoms with Crippen LogP contribution in [0.4, 0.5) is 39.8 Å². The number of halogens is 4. The molecule has 0 atom stereocenters. The topological polar surface area (TPSA) is 94.7 Å². The fourth-order valence-electron chi connectivity index (χ4n) is 2.82. The van der Waals surface area contributed by atoms with Crippen molar-refractivity contribution in [1.29, 1.82) is 0 Å². The Morgan fingerprint density at radius 2 is 1.94 bits per heavy atom. The summed E-state index contributed by atoms with van der Waals surface area (Å²) in [5.41, 5.74) is 0.0824. The van der Waals surface area contributed by atoms with Gasteiger partial charge < -0.3 is 15.6 Å². The lowest BCUT2D eigenvalue weighted by molar-refractivity contribution is -0.139. The molecule has 1 aromatic carbocycles. The van der Waals surface area contributed by atoms with Gasteiger partial charge in [0.2, 0.25) is 5.95 Å². The van der Waals surface area contributed by atoms with Gasteiger partial charge in [0.25, 0.3) is 0 Å². The lowest BCUT2D eigenvalue weighted by atomic mass is 10.2. The van der Waals surface area contributed by atoms with Crippen molar-refractivity contribution in [1.82, 2.24) is 15.0 Å². The number of aryl methyl sites for hydroxylation is 2. The van der Waals surface area contributed by atoms with Gasteiger partial charge in [-0.25, -0.2) is 14.2 Å². The standard InChI is InChI=1S/C20H20F4N6O/c1-12-9-17(26-7-2-3-13-6-8-25-11-13)29-18(27-12)30-19(31)28-14-4-5-16(21)15(10-14)20(22,23)24/h4-6,8-11,25H,2-3,7H2,1H3,(H3,26,27,28,29,30,31). The first-order valence-corrected chi connectivity index (χ1v) is 9.37. The number of aromatic nitrogens is 3. The summed E-state index contributed by atoms with van der Waals surface area (Å²) in [4.78, 5) is 23.4. The van der Waals surface area contributed by atoms with Crippen LogP contribution < -0.4 is 16.0 Å². The average molecular weight is 436 g/mol. The number of alkyl halides is 3. The second-order valence-corrected chi connectivity index (χ2v) is 6.74. The second-order valence-electron chi connectivity index (χ2n) is 6.74. The molecule has 0 saturated carbocycles. The molecule has 2 aromatic heterocycles. The molecule has 3 rings (SSSR count). The number of nitrogens with one attached hydrogen (secondary N) is 4. The van der Waals surface area contributed by atoms with E-state index in [9.17, 15) is 22.4 Å². The first-order chi connectivity index (χ1) is 14.7. The molecular formula is C20H20F4N6O. The highest BCUT2D eigenvalue weighted by Crippen LogP contribution is 2.33. The first-order valence-electron chi connectivity index (χ1n) is 9.37. The van der Waals surface area contributed by atoms with Gasteiger partial charge in [-0.3, -0.25) is 5.32 Å². The minimum atomic E-state index is -4.88. The summed E-state index contributed by atoms with van der Waals surface area (Å²) in [6.07, 6.45) is 0.644. The van der Waals surface area contributed by atoms with E-state index in [0.29, 0.717) is 30.2 Å². The van der Waals surface area contributed by atoms with Gasteiger partial charge in [0.1, 0.15) is 11.6 Å². The van der Waals surface area contributed by atoms with Crippen molar-refractivity contribution in [3.05, 3.63) is 65.4 Å². The van der Waals surface area contributed by atoms with E-state index < -0.39 is 23.6 Å². The maximum atomic E-state index is 13.4. The molecule has 0 bridgehead atoms. The number of carbonyl (C=O) groups excluding carboxylic acids is 1. The van der Waals surface area contributed by atoms with Gasteiger partial charge in [0.05, 0.1) is 5.56 Å². The number of H-pyrrole nitrogens is 1. The summed E-state index contributed by atoms with van der Waals surface area (Å²) < 4.78 is 51.8. The van der Waals surface area contributed by atoms with Crippen LogP contribution in [0, 0.1) is 12.7 Å². The molecule has 2 heterocycles. The second kappa shape index (κ2) is 9.45. The van der Waals surface area contributed by atoms with E-state index in [2.05, 4.69) is 30.9 Å². The Labute approximate surface area is 175 Å². The summed E-state index contributed by atoms with van der Waals surface area (Å²) in [6, 6.07) is 5.02. The van der Waals surface area contributed by atoms with E-state index >= 15 is 0 Å². The molecule has 3 aromatic rings. The van der Waals surface area contributed by atoms with E-state index in [0.717, 1.165) is 18.9 Å². The fourth-order valence-corrected chi connectivity index (χ4v) is 2.82. The van der Waals surface area contributed by atoms with Crippen molar-refractivity contribution in [3.8, 4) is 0 Å².